The Bertz CT molecular complexity index is 298. The summed E-state index contributed by atoms with van der Waals surface area (Å²) in [6.07, 6.45) is 4.42. The zero-order valence-electron chi connectivity index (χ0n) is 8.90. The van der Waals surface area contributed by atoms with Gasteiger partial charge in [0.2, 0.25) is 0 Å². The van der Waals surface area contributed by atoms with Gasteiger partial charge >= 0.3 is 0 Å². The highest BCUT2D eigenvalue weighted by Crippen LogP contribution is 2.21. The first kappa shape index (κ1) is 9.52. The predicted octanol–water partition coefficient (Wildman–Crippen LogP) is 1.04. The van der Waals surface area contributed by atoms with Gasteiger partial charge in [0.05, 0.1) is 17.4 Å². The summed E-state index contributed by atoms with van der Waals surface area (Å²) >= 11 is 0. The van der Waals surface area contributed by atoms with E-state index in [9.17, 15) is 0 Å². The Morgan fingerprint density at radius 1 is 1.57 bits per heavy atom. The molecule has 2 N–H and O–H groups in total. The minimum atomic E-state index is 0.504. The molecule has 1 aliphatic heterocycles. The molecule has 4 nitrogen and oxygen atoms in total. The zero-order chi connectivity index (χ0) is 10.1. The third-order valence-electron chi connectivity index (χ3n) is 2.93. The maximum absolute atomic E-state index is 5.79. The molecule has 0 aliphatic carbocycles. The van der Waals surface area contributed by atoms with Crippen molar-refractivity contribution >= 4 is 5.69 Å². The molecule has 0 radical (unpaired) electrons. The molecule has 1 saturated heterocycles. The van der Waals surface area contributed by atoms with Crippen LogP contribution in [0.1, 0.15) is 24.6 Å². The fourth-order valence-corrected chi connectivity index (χ4v) is 2.04. The van der Waals surface area contributed by atoms with Gasteiger partial charge in [0.1, 0.15) is 0 Å². The van der Waals surface area contributed by atoms with Crippen LogP contribution in [0.3, 0.4) is 0 Å². The quantitative estimate of drug-likeness (QED) is 0.726. The van der Waals surface area contributed by atoms with E-state index < -0.39 is 0 Å². The molecule has 0 spiro atoms. The molecule has 1 fully saturated rings. The molecule has 4 heteroatoms. The molecular formula is C10H18N4. The first-order chi connectivity index (χ1) is 6.66. The Morgan fingerprint density at radius 3 is 2.93 bits per heavy atom. The van der Waals surface area contributed by atoms with Crippen LogP contribution in [0.2, 0.25) is 0 Å². The third-order valence-corrected chi connectivity index (χ3v) is 2.93. The lowest BCUT2D eigenvalue weighted by Crippen LogP contribution is -2.33. The van der Waals surface area contributed by atoms with Crippen molar-refractivity contribution in [1.82, 2.24) is 14.7 Å². The smallest absolute Gasteiger partial charge is 0.0823 e. The van der Waals surface area contributed by atoms with E-state index in [1.54, 1.807) is 0 Å². The Kier molecular flexibility index (Phi) is 2.46. The van der Waals surface area contributed by atoms with Gasteiger partial charge in [-0.2, -0.15) is 5.10 Å². The monoisotopic (exact) mass is 194 g/mol. The van der Waals surface area contributed by atoms with E-state index in [-0.39, 0.29) is 0 Å². The van der Waals surface area contributed by atoms with E-state index in [1.165, 1.54) is 19.4 Å². The molecule has 1 aromatic heterocycles. The van der Waals surface area contributed by atoms with Crippen LogP contribution in [-0.4, -0.2) is 34.8 Å². The Balaban J connectivity index is 2.14. The molecule has 1 aromatic rings. The average molecular weight is 194 g/mol. The lowest BCUT2D eigenvalue weighted by molar-refractivity contribution is 0.202. The standard InChI is InChI=1S/C10H18N4/c1-8-10(11)7-14(12-8)9-4-3-5-13(2)6-9/h7,9H,3-6,11H2,1-2H3/t9-/m0/s1. The highest BCUT2D eigenvalue weighted by atomic mass is 15.3. The Hall–Kier alpha value is -1.03. The van der Waals surface area contributed by atoms with Crippen LogP contribution < -0.4 is 5.73 Å². The number of aryl methyl sites for hydroxylation is 1. The van der Waals surface area contributed by atoms with Crippen molar-refractivity contribution < 1.29 is 0 Å². The van der Waals surface area contributed by atoms with Gasteiger partial charge in [-0.25, -0.2) is 0 Å². The largest absolute Gasteiger partial charge is 0.396 e. The number of anilines is 1. The number of hydrogen-bond donors (Lipinski definition) is 1. The highest BCUT2D eigenvalue weighted by Gasteiger charge is 2.19. The summed E-state index contributed by atoms with van der Waals surface area (Å²) in [6.45, 7) is 4.24. The van der Waals surface area contributed by atoms with Gasteiger partial charge in [-0.05, 0) is 33.4 Å². The predicted molar refractivity (Wildman–Crippen MR) is 57.1 cm³/mol. The van der Waals surface area contributed by atoms with Crippen LogP contribution in [0.25, 0.3) is 0 Å². The molecule has 2 heterocycles. The van der Waals surface area contributed by atoms with Crippen molar-refractivity contribution in [3.8, 4) is 0 Å². The normalized spacial score (nSPS) is 24.0. The molecule has 1 atom stereocenters. The SMILES string of the molecule is Cc1nn([C@H]2CCCN(C)C2)cc1N. The second-order valence-electron chi connectivity index (χ2n) is 4.21. The average Bonchev–Trinajstić information content (AvgIpc) is 2.47. The van der Waals surface area contributed by atoms with Crippen molar-refractivity contribution in [2.24, 2.45) is 0 Å². The van der Waals surface area contributed by atoms with Crippen molar-refractivity contribution in [2.75, 3.05) is 25.9 Å². The molecule has 0 amide bonds. The maximum Gasteiger partial charge on any atom is 0.0823 e. The number of nitrogens with two attached hydrogens (primary N) is 1. The summed E-state index contributed by atoms with van der Waals surface area (Å²) in [7, 11) is 2.16. The Labute approximate surface area is 84.7 Å². The van der Waals surface area contributed by atoms with Gasteiger partial charge in [-0.1, -0.05) is 0 Å². The summed E-state index contributed by atoms with van der Waals surface area (Å²) in [4.78, 5) is 2.35. The van der Waals surface area contributed by atoms with Gasteiger partial charge in [0.15, 0.2) is 0 Å². The molecule has 2 rings (SSSR count). The van der Waals surface area contributed by atoms with Crippen molar-refractivity contribution in [1.29, 1.82) is 0 Å². The fourth-order valence-electron chi connectivity index (χ4n) is 2.04. The number of likely N-dealkylation sites (tertiary alicyclic amines) is 1. The molecule has 14 heavy (non-hydrogen) atoms. The Morgan fingerprint density at radius 2 is 2.36 bits per heavy atom. The lowest BCUT2D eigenvalue weighted by Gasteiger charge is -2.29. The van der Waals surface area contributed by atoms with Gasteiger partial charge < -0.3 is 10.6 Å². The topological polar surface area (TPSA) is 47.1 Å². The number of aromatic nitrogens is 2. The van der Waals surface area contributed by atoms with Crippen LogP contribution in [-0.2, 0) is 0 Å². The van der Waals surface area contributed by atoms with E-state index in [0.717, 1.165) is 17.9 Å². The minimum absolute atomic E-state index is 0.504. The summed E-state index contributed by atoms with van der Waals surface area (Å²) in [5.41, 5.74) is 7.53. The molecule has 78 valence electrons. The van der Waals surface area contributed by atoms with Crippen molar-refractivity contribution in [3.05, 3.63) is 11.9 Å². The zero-order valence-corrected chi connectivity index (χ0v) is 8.90. The van der Waals surface area contributed by atoms with Crippen LogP contribution in [0, 0.1) is 6.92 Å². The van der Waals surface area contributed by atoms with E-state index in [4.69, 9.17) is 5.73 Å². The van der Waals surface area contributed by atoms with Crippen LogP contribution >= 0.6 is 0 Å². The lowest BCUT2D eigenvalue weighted by atomic mass is 10.1. The third kappa shape index (κ3) is 1.75. The van der Waals surface area contributed by atoms with Crippen molar-refractivity contribution in [3.63, 3.8) is 0 Å². The van der Waals surface area contributed by atoms with Gasteiger partial charge in [-0.3, -0.25) is 4.68 Å². The van der Waals surface area contributed by atoms with E-state index in [2.05, 4.69) is 17.0 Å². The van der Waals surface area contributed by atoms with Crippen LogP contribution in [0.4, 0.5) is 5.69 Å². The summed E-state index contributed by atoms with van der Waals surface area (Å²) in [6, 6.07) is 0.504. The van der Waals surface area contributed by atoms with Crippen molar-refractivity contribution in [2.45, 2.75) is 25.8 Å². The number of rotatable bonds is 1. The number of piperidine rings is 1. The van der Waals surface area contributed by atoms with Crippen LogP contribution in [0.5, 0.6) is 0 Å². The molecule has 0 unspecified atom stereocenters. The van der Waals surface area contributed by atoms with E-state index in [1.807, 2.05) is 17.8 Å². The molecule has 1 aliphatic rings. The maximum atomic E-state index is 5.79. The van der Waals surface area contributed by atoms with Crippen LogP contribution in [0.15, 0.2) is 6.20 Å². The summed E-state index contributed by atoms with van der Waals surface area (Å²) in [5, 5.41) is 4.43. The van der Waals surface area contributed by atoms with Gasteiger partial charge in [0.25, 0.3) is 0 Å². The first-order valence-corrected chi connectivity index (χ1v) is 5.16. The minimum Gasteiger partial charge on any atom is -0.396 e. The molecule has 0 bridgehead atoms. The number of likely N-dealkylation sites (N-methyl/N-ethyl adjacent to an activating group) is 1. The van der Waals surface area contributed by atoms with E-state index >= 15 is 0 Å². The molecular weight excluding hydrogens is 176 g/mol. The summed E-state index contributed by atoms with van der Waals surface area (Å²) < 4.78 is 2.03. The number of nitrogen functional groups attached to an aromatic ring is 1. The number of nitrogens with zero attached hydrogens (tertiary/aromatic N) is 3. The highest BCUT2D eigenvalue weighted by molar-refractivity contribution is 5.39. The number of hydrogen-bond acceptors (Lipinski definition) is 3. The van der Waals surface area contributed by atoms with Gasteiger partial charge in [0, 0.05) is 12.7 Å². The second kappa shape index (κ2) is 3.61. The summed E-state index contributed by atoms with van der Waals surface area (Å²) in [5.74, 6) is 0. The molecule has 0 aromatic carbocycles. The van der Waals surface area contributed by atoms with Gasteiger partial charge in [-0.15, -0.1) is 0 Å². The fraction of sp³-hybridized carbons (Fsp3) is 0.700. The van der Waals surface area contributed by atoms with E-state index in [0.29, 0.717) is 6.04 Å². The molecule has 0 saturated carbocycles. The second-order valence-corrected chi connectivity index (χ2v) is 4.21. The first-order valence-electron chi connectivity index (χ1n) is 5.16.